The molecular formula is C21H28N6O2. The van der Waals surface area contributed by atoms with E-state index in [1.807, 2.05) is 18.2 Å². The van der Waals surface area contributed by atoms with Crippen molar-refractivity contribution < 1.29 is 9.53 Å². The summed E-state index contributed by atoms with van der Waals surface area (Å²) in [4.78, 5) is 30.2. The minimum absolute atomic E-state index is 0.0653. The maximum atomic E-state index is 12.5. The minimum Gasteiger partial charge on any atom is -0.378 e. The normalized spacial score (nSPS) is 17.9. The van der Waals surface area contributed by atoms with Crippen LogP contribution in [-0.2, 0) is 16.0 Å². The third-order valence-corrected chi connectivity index (χ3v) is 5.57. The first-order chi connectivity index (χ1) is 14.3. The molecule has 0 saturated carbocycles. The summed E-state index contributed by atoms with van der Waals surface area (Å²) in [6, 6.07) is 7.91. The lowest BCUT2D eigenvalue weighted by molar-refractivity contribution is -0.125. The highest BCUT2D eigenvalue weighted by atomic mass is 16.5. The fraction of sp³-hybridized carbons (Fsp3) is 0.524. The van der Waals surface area contributed by atoms with Crippen LogP contribution in [0.3, 0.4) is 0 Å². The van der Waals surface area contributed by atoms with Crippen molar-refractivity contribution in [2.75, 3.05) is 55.7 Å². The van der Waals surface area contributed by atoms with Crippen LogP contribution in [0.15, 0.2) is 36.8 Å². The van der Waals surface area contributed by atoms with Crippen LogP contribution in [0.5, 0.6) is 0 Å². The van der Waals surface area contributed by atoms with Crippen LogP contribution in [0, 0.1) is 5.92 Å². The molecule has 2 aliphatic rings. The first-order valence-electron chi connectivity index (χ1n) is 10.4. The second-order valence-corrected chi connectivity index (χ2v) is 7.46. The summed E-state index contributed by atoms with van der Waals surface area (Å²) in [5, 5.41) is 3.07. The Morgan fingerprint density at radius 1 is 1.03 bits per heavy atom. The number of anilines is 2. The molecule has 0 aromatic carbocycles. The molecule has 0 spiro atoms. The predicted octanol–water partition coefficient (Wildman–Crippen LogP) is 1.28. The number of amides is 1. The Hall–Kier alpha value is -2.74. The van der Waals surface area contributed by atoms with E-state index in [-0.39, 0.29) is 11.8 Å². The Morgan fingerprint density at radius 3 is 2.45 bits per heavy atom. The molecule has 1 amide bonds. The molecule has 0 radical (unpaired) electrons. The zero-order valence-electron chi connectivity index (χ0n) is 16.7. The van der Waals surface area contributed by atoms with Crippen LogP contribution < -0.4 is 15.1 Å². The molecule has 2 aliphatic heterocycles. The topological polar surface area (TPSA) is 83.5 Å². The van der Waals surface area contributed by atoms with Crippen LogP contribution in [-0.4, -0.2) is 66.8 Å². The highest BCUT2D eigenvalue weighted by Gasteiger charge is 2.26. The quantitative estimate of drug-likeness (QED) is 0.788. The van der Waals surface area contributed by atoms with E-state index in [1.165, 1.54) is 0 Å². The van der Waals surface area contributed by atoms with Crippen molar-refractivity contribution in [2.45, 2.75) is 19.3 Å². The Bertz CT molecular complexity index is 789. The fourth-order valence-electron chi connectivity index (χ4n) is 3.85. The number of hydrogen-bond acceptors (Lipinski definition) is 7. The lowest BCUT2D eigenvalue weighted by atomic mass is 9.96. The maximum Gasteiger partial charge on any atom is 0.223 e. The molecule has 4 heterocycles. The zero-order valence-corrected chi connectivity index (χ0v) is 16.7. The molecule has 4 rings (SSSR count). The van der Waals surface area contributed by atoms with Gasteiger partial charge in [-0.05, 0) is 25.0 Å². The Kier molecular flexibility index (Phi) is 6.51. The van der Waals surface area contributed by atoms with E-state index < -0.39 is 0 Å². The summed E-state index contributed by atoms with van der Waals surface area (Å²) >= 11 is 0. The first kappa shape index (κ1) is 19.6. The van der Waals surface area contributed by atoms with E-state index in [4.69, 9.17) is 4.74 Å². The molecule has 2 saturated heterocycles. The summed E-state index contributed by atoms with van der Waals surface area (Å²) in [7, 11) is 0. The largest absolute Gasteiger partial charge is 0.378 e. The molecule has 29 heavy (non-hydrogen) atoms. The number of piperidine rings is 1. The lowest BCUT2D eigenvalue weighted by Crippen LogP contribution is -2.41. The fourth-order valence-corrected chi connectivity index (χ4v) is 3.85. The van der Waals surface area contributed by atoms with E-state index in [1.54, 1.807) is 12.5 Å². The minimum atomic E-state index is 0.0653. The number of carbonyl (C=O) groups is 1. The molecule has 0 aliphatic carbocycles. The highest BCUT2D eigenvalue weighted by Crippen LogP contribution is 2.24. The van der Waals surface area contributed by atoms with Crippen LogP contribution in [0.4, 0.5) is 11.6 Å². The number of pyridine rings is 1. The van der Waals surface area contributed by atoms with Gasteiger partial charge in [0.2, 0.25) is 5.91 Å². The Labute approximate surface area is 171 Å². The monoisotopic (exact) mass is 396 g/mol. The first-order valence-corrected chi connectivity index (χ1v) is 10.4. The van der Waals surface area contributed by atoms with Gasteiger partial charge in [-0.1, -0.05) is 6.07 Å². The van der Waals surface area contributed by atoms with Crippen molar-refractivity contribution >= 4 is 17.5 Å². The van der Waals surface area contributed by atoms with Gasteiger partial charge in [-0.2, -0.15) is 0 Å². The van der Waals surface area contributed by atoms with Gasteiger partial charge >= 0.3 is 0 Å². The summed E-state index contributed by atoms with van der Waals surface area (Å²) in [5.74, 6) is 2.11. The third kappa shape index (κ3) is 5.20. The number of nitrogens with zero attached hydrogens (tertiary/aromatic N) is 5. The third-order valence-electron chi connectivity index (χ3n) is 5.57. The van der Waals surface area contributed by atoms with Crippen molar-refractivity contribution in [3.8, 4) is 0 Å². The van der Waals surface area contributed by atoms with Crippen molar-refractivity contribution in [2.24, 2.45) is 5.92 Å². The van der Waals surface area contributed by atoms with Gasteiger partial charge in [-0.15, -0.1) is 0 Å². The summed E-state index contributed by atoms with van der Waals surface area (Å²) in [6.45, 7) is 5.48. The predicted molar refractivity (Wildman–Crippen MR) is 111 cm³/mol. The van der Waals surface area contributed by atoms with Gasteiger partial charge < -0.3 is 19.9 Å². The zero-order chi connectivity index (χ0) is 19.9. The number of aromatic nitrogens is 3. The molecule has 8 heteroatoms. The van der Waals surface area contributed by atoms with E-state index in [0.717, 1.165) is 76.0 Å². The van der Waals surface area contributed by atoms with Crippen LogP contribution in [0.2, 0.25) is 0 Å². The van der Waals surface area contributed by atoms with Gasteiger partial charge in [-0.3, -0.25) is 9.78 Å². The summed E-state index contributed by atoms with van der Waals surface area (Å²) in [6.07, 6.45) is 5.86. The van der Waals surface area contributed by atoms with Crippen molar-refractivity contribution in [3.05, 3.63) is 42.5 Å². The number of nitrogens with one attached hydrogen (secondary N) is 1. The SMILES string of the molecule is O=C(NCCc1ccccn1)C1CCN(c2cc(N3CCOCC3)ncn2)CC1. The summed E-state index contributed by atoms with van der Waals surface area (Å²) < 4.78 is 5.42. The van der Waals surface area contributed by atoms with Crippen LogP contribution in [0.1, 0.15) is 18.5 Å². The van der Waals surface area contributed by atoms with Crippen molar-refractivity contribution in [3.63, 3.8) is 0 Å². The standard InChI is InChI=1S/C21H28N6O2/c28-21(23-8-4-18-3-1-2-7-22-18)17-5-9-26(10-6-17)19-15-20(25-16-24-19)27-11-13-29-14-12-27/h1-3,7,15-17H,4-6,8-14H2,(H,23,28). The Balaban J connectivity index is 1.25. The van der Waals surface area contributed by atoms with Crippen LogP contribution >= 0.6 is 0 Å². The number of rotatable bonds is 6. The second kappa shape index (κ2) is 9.65. The smallest absolute Gasteiger partial charge is 0.223 e. The van der Waals surface area contributed by atoms with Gasteiger partial charge in [0.1, 0.15) is 18.0 Å². The Morgan fingerprint density at radius 2 is 1.76 bits per heavy atom. The van der Waals surface area contributed by atoms with Crippen molar-refractivity contribution in [1.29, 1.82) is 0 Å². The van der Waals surface area contributed by atoms with Gasteiger partial charge in [0, 0.05) is 63.0 Å². The number of carbonyl (C=O) groups excluding carboxylic acids is 1. The molecular weight excluding hydrogens is 368 g/mol. The van der Waals surface area contributed by atoms with Crippen LogP contribution in [0.25, 0.3) is 0 Å². The maximum absolute atomic E-state index is 12.5. The second-order valence-electron chi connectivity index (χ2n) is 7.46. The molecule has 0 unspecified atom stereocenters. The summed E-state index contributed by atoms with van der Waals surface area (Å²) in [5.41, 5.74) is 1.00. The van der Waals surface area contributed by atoms with Crippen molar-refractivity contribution in [1.82, 2.24) is 20.3 Å². The molecule has 1 N–H and O–H groups in total. The lowest BCUT2D eigenvalue weighted by Gasteiger charge is -2.33. The number of hydrogen-bond donors (Lipinski definition) is 1. The van der Waals surface area contributed by atoms with E-state index in [2.05, 4.69) is 36.1 Å². The molecule has 2 aromatic rings. The number of ether oxygens (including phenoxy) is 1. The molecule has 0 atom stereocenters. The van der Waals surface area contributed by atoms with Gasteiger partial charge in [-0.25, -0.2) is 9.97 Å². The van der Waals surface area contributed by atoms with E-state index >= 15 is 0 Å². The molecule has 8 nitrogen and oxygen atoms in total. The van der Waals surface area contributed by atoms with Gasteiger partial charge in [0.15, 0.2) is 0 Å². The molecule has 2 aromatic heterocycles. The van der Waals surface area contributed by atoms with Gasteiger partial charge in [0.25, 0.3) is 0 Å². The van der Waals surface area contributed by atoms with E-state index in [0.29, 0.717) is 6.54 Å². The molecule has 2 fully saturated rings. The number of morpholine rings is 1. The molecule has 0 bridgehead atoms. The highest BCUT2D eigenvalue weighted by molar-refractivity contribution is 5.79. The van der Waals surface area contributed by atoms with E-state index in [9.17, 15) is 4.79 Å². The average Bonchev–Trinajstić information content (AvgIpc) is 2.80. The van der Waals surface area contributed by atoms with Gasteiger partial charge in [0.05, 0.1) is 13.2 Å². The molecule has 154 valence electrons. The average molecular weight is 396 g/mol.